The maximum atomic E-state index is 13.9. The highest BCUT2D eigenvalue weighted by molar-refractivity contribution is 9.10. The van der Waals surface area contributed by atoms with E-state index in [1.165, 1.54) is 10.7 Å². The summed E-state index contributed by atoms with van der Waals surface area (Å²) < 4.78 is 17.7. The van der Waals surface area contributed by atoms with Crippen LogP contribution >= 0.6 is 39.1 Å². The predicted octanol–water partition coefficient (Wildman–Crippen LogP) is 4.67. The summed E-state index contributed by atoms with van der Waals surface area (Å²) in [5.41, 5.74) is 1.13. The molecule has 6 nitrogen and oxygen atoms in total. The highest BCUT2D eigenvalue weighted by Gasteiger charge is 2.14. The maximum Gasteiger partial charge on any atom is 0.227 e. The summed E-state index contributed by atoms with van der Waals surface area (Å²) in [5, 5.41) is 12.0. The number of rotatable bonds is 6. The highest BCUT2D eigenvalue weighted by Crippen LogP contribution is 2.24. The van der Waals surface area contributed by atoms with Crippen molar-refractivity contribution in [2.75, 3.05) is 5.32 Å². The molecule has 0 aliphatic carbocycles. The monoisotopic (exact) mass is 473 g/mol. The molecule has 0 atom stereocenters. The number of aryl methyl sites for hydroxylation is 1. The minimum Gasteiger partial charge on any atom is -0.308 e. The van der Waals surface area contributed by atoms with E-state index in [2.05, 4.69) is 31.4 Å². The third-order valence-corrected chi connectivity index (χ3v) is 5.26. The third kappa shape index (κ3) is 4.69. The Hall–Kier alpha value is -1.90. The molecule has 0 spiro atoms. The number of hydrogen-bond acceptors (Lipinski definition) is 3. The van der Waals surface area contributed by atoms with Gasteiger partial charge in [0.25, 0.3) is 0 Å². The Morgan fingerprint density at radius 2 is 2.11 bits per heavy atom. The highest BCUT2D eigenvalue weighted by atomic mass is 79.9. The standard InChI is InChI=1S/C17H15BrCl2FN5O/c1-10-14(20)7-22-26(10)6-5-16(27)23-17-12(18)9-25(24-17)8-11-13(19)3-2-4-15(11)21/h2-4,7,9H,5-6,8H2,1H3,(H,23,24,27). The number of nitrogens with one attached hydrogen (secondary N) is 1. The molecule has 0 saturated heterocycles. The molecule has 2 heterocycles. The summed E-state index contributed by atoms with van der Waals surface area (Å²) in [6, 6.07) is 4.50. The van der Waals surface area contributed by atoms with Crippen LogP contribution in [0.1, 0.15) is 17.7 Å². The second-order valence-corrected chi connectivity index (χ2v) is 7.49. The van der Waals surface area contributed by atoms with Crippen LogP contribution in [0.15, 0.2) is 35.1 Å². The number of benzene rings is 1. The minimum absolute atomic E-state index is 0.144. The Balaban J connectivity index is 1.64. The summed E-state index contributed by atoms with van der Waals surface area (Å²) in [5.74, 6) is -0.286. The molecule has 0 aliphatic heterocycles. The van der Waals surface area contributed by atoms with Crippen LogP contribution in [0.2, 0.25) is 10.0 Å². The van der Waals surface area contributed by atoms with Crippen LogP contribution in [0.25, 0.3) is 0 Å². The topological polar surface area (TPSA) is 64.7 Å². The molecule has 3 aromatic rings. The lowest BCUT2D eigenvalue weighted by Gasteiger charge is -2.06. The summed E-state index contributed by atoms with van der Waals surface area (Å²) in [6.07, 6.45) is 3.40. The van der Waals surface area contributed by atoms with Crippen molar-refractivity contribution >= 4 is 50.9 Å². The molecule has 27 heavy (non-hydrogen) atoms. The summed E-state index contributed by atoms with van der Waals surface area (Å²) >= 11 is 15.3. The van der Waals surface area contributed by atoms with Crippen LogP contribution < -0.4 is 5.32 Å². The van der Waals surface area contributed by atoms with Gasteiger partial charge >= 0.3 is 0 Å². The first-order valence-corrected chi connectivity index (χ1v) is 9.53. The molecule has 1 aromatic carbocycles. The van der Waals surface area contributed by atoms with E-state index >= 15 is 0 Å². The van der Waals surface area contributed by atoms with Crippen molar-refractivity contribution in [3.63, 3.8) is 0 Å². The smallest absolute Gasteiger partial charge is 0.227 e. The molecule has 142 valence electrons. The molecule has 0 unspecified atom stereocenters. The van der Waals surface area contributed by atoms with E-state index in [0.717, 1.165) is 5.69 Å². The number of anilines is 1. The van der Waals surface area contributed by atoms with Gasteiger partial charge in [0.15, 0.2) is 5.82 Å². The SMILES string of the molecule is Cc1c(Cl)cnn1CCC(=O)Nc1nn(Cc2c(F)cccc2Cl)cc1Br. The summed E-state index contributed by atoms with van der Waals surface area (Å²) in [7, 11) is 0. The predicted molar refractivity (Wildman–Crippen MR) is 106 cm³/mol. The minimum atomic E-state index is -0.409. The Labute approximate surface area is 173 Å². The van der Waals surface area contributed by atoms with Gasteiger partial charge in [0.1, 0.15) is 5.82 Å². The van der Waals surface area contributed by atoms with Gasteiger partial charge < -0.3 is 5.32 Å². The lowest BCUT2D eigenvalue weighted by Crippen LogP contribution is -2.16. The van der Waals surface area contributed by atoms with Gasteiger partial charge in [-0.15, -0.1) is 0 Å². The maximum absolute atomic E-state index is 13.9. The molecule has 1 N–H and O–H groups in total. The quantitative estimate of drug-likeness (QED) is 0.564. The molecule has 0 bridgehead atoms. The van der Waals surface area contributed by atoms with E-state index in [1.807, 2.05) is 6.92 Å². The van der Waals surface area contributed by atoms with E-state index in [1.54, 1.807) is 29.2 Å². The van der Waals surface area contributed by atoms with Crippen LogP contribution in [0.3, 0.4) is 0 Å². The van der Waals surface area contributed by atoms with E-state index < -0.39 is 5.82 Å². The van der Waals surface area contributed by atoms with E-state index in [-0.39, 0.29) is 18.9 Å². The summed E-state index contributed by atoms with van der Waals surface area (Å²) in [6.45, 7) is 2.37. The fraction of sp³-hybridized carbons (Fsp3) is 0.235. The van der Waals surface area contributed by atoms with Crippen LogP contribution in [0.5, 0.6) is 0 Å². The number of hydrogen-bond donors (Lipinski definition) is 1. The van der Waals surface area contributed by atoms with E-state index in [4.69, 9.17) is 23.2 Å². The fourth-order valence-corrected chi connectivity index (χ4v) is 3.24. The Morgan fingerprint density at radius 1 is 1.33 bits per heavy atom. The van der Waals surface area contributed by atoms with Crippen molar-refractivity contribution in [3.05, 3.63) is 62.2 Å². The third-order valence-electron chi connectivity index (χ3n) is 3.95. The van der Waals surface area contributed by atoms with E-state index in [0.29, 0.717) is 32.4 Å². The fourth-order valence-electron chi connectivity index (χ4n) is 2.46. The van der Waals surface area contributed by atoms with Gasteiger partial charge in [-0.3, -0.25) is 14.2 Å². The van der Waals surface area contributed by atoms with Gasteiger partial charge in [-0.25, -0.2) is 4.39 Å². The molecule has 0 radical (unpaired) electrons. The van der Waals surface area contributed by atoms with E-state index in [9.17, 15) is 9.18 Å². The first-order chi connectivity index (χ1) is 12.8. The molecule has 0 saturated carbocycles. The largest absolute Gasteiger partial charge is 0.308 e. The Bertz CT molecular complexity index is 968. The molecular weight excluding hydrogens is 460 g/mol. The Kier molecular flexibility index (Phi) is 6.18. The molecule has 10 heteroatoms. The Morgan fingerprint density at radius 3 is 2.78 bits per heavy atom. The summed E-state index contributed by atoms with van der Waals surface area (Å²) in [4.78, 5) is 12.2. The van der Waals surface area contributed by atoms with Crippen LogP contribution in [0, 0.1) is 12.7 Å². The van der Waals surface area contributed by atoms with Gasteiger partial charge in [0, 0.05) is 23.2 Å². The van der Waals surface area contributed by atoms with Crippen molar-refractivity contribution in [1.29, 1.82) is 0 Å². The second-order valence-electron chi connectivity index (χ2n) is 5.82. The van der Waals surface area contributed by atoms with Crippen molar-refractivity contribution in [2.45, 2.75) is 26.4 Å². The van der Waals surface area contributed by atoms with Crippen molar-refractivity contribution in [2.24, 2.45) is 0 Å². The molecular formula is C17H15BrCl2FN5O. The van der Waals surface area contributed by atoms with Crippen LogP contribution in [-0.4, -0.2) is 25.5 Å². The van der Waals surface area contributed by atoms with Gasteiger partial charge in [-0.1, -0.05) is 29.3 Å². The van der Waals surface area contributed by atoms with Crippen molar-refractivity contribution < 1.29 is 9.18 Å². The van der Waals surface area contributed by atoms with Gasteiger partial charge in [-0.2, -0.15) is 10.2 Å². The lowest BCUT2D eigenvalue weighted by molar-refractivity contribution is -0.116. The number of carbonyl (C=O) groups is 1. The average Bonchev–Trinajstić information content (AvgIpc) is 3.12. The molecule has 3 rings (SSSR count). The second kappa shape index (κ2) is 8.41. The van der Waals surface area contributed by atoms with Crippen molar-refractivity contribution in [3.8, 4) is 0 Å². The zero-order valence-corrected chi connectivity index (χ0v) is 17.3. The zero-order chi connectivity index (χ0) is 19.6. The van der Waals surface area contributed by atoms with Crippen LogP contribution in [0.4, 0.5) is 10.2 Å². The molecule has 0 fully saturated rings. The van der Waals surface area contributed by atoms with Gasteiger partial charge in [-0.05, 0) is 35.0 Å². The molecule has 2 aromatic heterocycles. The first-order valence-electron chi connectivity index (χ1n) is 7.98. The average molecular weight is 475 g/mol. The van der Waals surface area contributed by atoms with Gasteiger partial charge in [0.2, 0.25) is 5.91 Å². The number of nitrogens with zero attached hydrogens (tertiary/aromatic N) is 4. The first kappa shape index (κ1) is 19.9. The van der Waals surface area contributed by atoms with Gasteiger partial charge in [0.05, 0.1) is 34.5 Å². The zero-order valence-electron chi connectivity index (χ0n) is 14.2. The number of carbonyl (C=O) groups excluding carboxylic acids is 1. The van der Waals surface area contributed by atoms with Crippen molar-refractivity contribution in [1.82, 2.24) is 19.6 Å². The number of aromatic nitrogens is 4. The van der Waals surface area contributed by atoms with Crippen LogP contribution in [-0.2, 0) is 17.9 Å². The number of halogens is 4. The number of amides is 1. The normalized spacial score (nSPS) is 11.0. The molecule has 1 amide bonds. The lowest BCUT2D eigenvalue weighted by atomic mass is 10.2. The molecule has 0 aliphatic rings.